The van der Waals surface area contributed by atoms with Crippen molar-refractivity contribution in [1.29, 1.82) is 0 Å². The number of nitrogens with two attached hydrogens (primary N) is 1. The van der Waals surface area contributed by atoms with Crippen molar-refractivity contribution in [3.05, 3.63) is 15.6 Å². The van der Waals surface area contributed by atoms with Crippen LogP contribution in [-0.2, 0) is 17.6 Å². The highest BCUT2D eigenvalue weighted by atomic mass is 32.1. The van der Waals surface area contributed by atoms with Crippen molar-refractivity contribution < 1.29 is 4.74 Å². The molecule has 2 unspecified atom stereocenters. The lowest BCUT2D eigenvalue weighted by Gasteiger charge is -2.18. The summed E-state index contributed by atoms with van der Waals surface area (Å²) in [7, 11) is 0. The number of hydrogen-bond donors (Lipinski definition) is 1. The molecular weight excluding hydrogens is 232 g/mol. The van der Waals surface area contributed by atoms with Gasteiger partial charge in [0.2, 0.25) is 0 Å². The first-order valence-electron chi connectivity index (χ1n) is 6.63. The largest absolute Gasteiger partial charge is 0.381 e. The molecule has 0 aromatic carbocycles. The first-order chi connectivity index (χ1) is 8.36. The van der Waals surface area contributed by atoms with Crippen LogP contribution < -0.4 is 5.73 Å². The van der Waals surface area contributed by atoms with Gasteiger partial charge in [0, 0.05) is 37.0 Å². The van der Waals surface area contributed by atoms with Gasteiger partial charge < -0.3 is 10.5 Å². The van der Waals surface area contributed by atoms with Crippen LogP contribution in [0.3, 0.4) is 0 Å². The first-order valence-corrected chi connectivity index (χ1v) is 7.44. The second-order valence-electron chi connectivity index (χ2n) is 5.17. The van der Waals surface area contributed by atoms with Crippen molar-refractivity contribution >= 4 is 11.3 Å². The molecule has 2 N–H and O–H groups in total. The Morgan fingerprint density at radius 2 is 2.35 bits per heavy atom. The number of rotatable bonds is 3. The summed E-state index contributed by atoms with van der Waals surface area (Å²) in [5.41, 5.74) is 7.15. The Kier molecular flexibility index (Phi) is 3.45. The number of hydrogen-bond acceptors (Lipinski definition) is 4. The summed E-state index contributed by atoms with van der Waals surface area (Å²) in [5.74, 6) is 1.21. The van der Waals surface area contributed by atoms with Crippen LogP contribution in [-0.4, -0.2) is 24.7 Å². The molecule has 2 heterocycles. The monoisotopic (exact) mass is 252 g/mol. The predicted octanol–water partition coefficient (Wildman–Crippen LogP) is 2.10. The van der Waals surface area contributed by atoms with Gasteiger partial charge >= 0.3 is 0 Å². The van der Waals surface area contributed by atoms with Gasteiger partial charge in [0.25, 0.3) is 0 Å². The molecule has 3 rings (SSSR count). The zero-order valence-electron chi connectivity index (χ0n) is 10.2. The SMILES string of the molecule is NCC1CCCc2sc(CC3CCOC3)nc21. The average molecular weight is 252 g/mol. The Balaban J connectivity index is 1.75. The van der Waals surface area contributed by atoms with Crippen LogP contribution in [0.4, 0.5) is 0 Å². The van der Waals surface area contributed by atoms with Crippen LogP contribution in [0.5, 0.6) is 0 Å². The predicted molar refractivity (Wildman–Crippen MR) is 69.5 cm³/mol. The molecule has 0 radical (unpaired) electrons. The minimum atomic E-state index is 0.517. The van der Waals surface area contributed by atoms with Crippen LogP contribution in [0.2, 0.25) is 0 Å². The average Bonchev–Trinajstić information content (AvgIpc) is 2.97. The zero-order valence-corrected chi connectivity index (χ0v) is 11.0. The molecule has 0 spiro atoms. The molecule has 1 aromatic rings. The van der Waals surface area contributed by atoms with Gasteiger partial charge in [-0.05, 0) is 31.6 Å². The number of thiazole rings is 1. The minimum Gasteiger partial charge on any atom is -0.381 e. The van der Waals surface area contributed by atoms with Crippen molar-refractivity contribution in [1.82, 2.24) is 4.98 Å². The number of nitrogens with zero attached hydrogens (tertiary/aromatic N) is 1. The lowest BCUT2D eigenvalue weighted by atomic mass is 9.91. The van der Waals surface area contributed by atoms with E-state index in [0.29, 0.717) is 11.8 Å². The van der Waals surface area contributed by atoms with E-state index < -0.39 is 0 Å². The quantitative estimate of drug-likeness (QED) is 0.896. The van der Waals surface area contributed by atoms with Crippen molar-refractivity contribution in [2.75, 3.05) is 19.8 Å². The van der Waals surface area contributed by atoms with Crippen molar-refractivity contribution in [2.45, 2.75) is 38.0 Å². The molecule has 1 saturated heterocycles. The fraction of sp³-hybridized carbons (Fsp3) is 0.769. The molecule has 4 heteroatoms. The molecular formula is C13H20N2OS. The molecule has 2 atom stereocenters. The van der Waals surface area contributed by atoms with Crippen LogP contribution >= 0.6 is 11.3 Å². The van der Waals surface area contributed by atoms with Gasteiger partial charge in [0.15, 0.2) is 0 Å². The summed E-state index contributed by atoms with van der Waals surface area (Å²) in [6.07, 6.45) is 6.02. The molecule has 94 valence electrons. The van der Waals surface area contributed by atoms with Gasteiger partial charge in [-0.2, -0.15) is 0 Å². The highest BCUT2D eigenvalue weighted by molar-refractivity contribution is 7.11. The lowest BCUT2D eigenvalue weighted by molar-refractivity contribution is 0.186. The summed E-state index contributed by atoms with van der Waals surface area (Å²) in [6, 6.07) is 0. The van der Waals surface area contributed by atoms with Gasteiger partial charge in [0.1, 0.15) is 0 Å². The summed E-state index contributed by atoms with van der Waals surface area (Å²) >= 11 is 1.92. The Bertz CT molecular complexity index is 385. The van der Waals surface area contributed by atoms with E-state index in [2.05, 4.69) is 0 Å². The summed E-state index contributed by atoms with van der Waals surface area (Å²) in [6.45, 7) is 2.61. The van der Waals surface area contributed by atoms with E-state index >= 15 is 0 Å². The van der Waals surface area contributed by atoms with Crippen molar-refractivity contribution in [3.63, 3.8) is 0 Å². The van der Waals surface area contributed by atoms with E-state index in [0.717, 1.165) is 26.2 Å². The number of fused-ring (bicyclic) bond motifs is 1. The molecule has 2 aliphatic rings. The standard InChI is InChI=1S/C13H20N2OS/c14-7-10-2-1-3-11-13(10)15-12(17-11)6-9-4-5-16-8-9/h9-10H,1-8,14H2. The Morgan fingerprint density at radius 1 is 1.41 bits per heavy atom. The molecule has 17 heavy (non-hydrogen) atoms. The lowest BCUT2D eigenvalue weighted by Crippen LogP contribution is -2.17. The molecule has 3 nitrogen and oxygen atoms in total. The minimum absolute atomic E-state index is 0.517. The normalized spacial score (nSPS) is 28.3. The molecule has 0 saturated carbocycles. The first kappa shape index (κ1) is 11.6. The van der Waals surface area contributed by atoms with Gasteiger partial charge in [0.05, 0.1) is 10.7 Å². The van der Waals surface area contributed by atoms with Crippen LogP contribution in [0.15, 0.2) is 0 Å². The second-order valence-corrected chi connectivity index (χ2v) is 6.34. The highest BCUT2D eigenvalue weighted by Crippen LogP contribution is 2.35. The van der Waals surface area contributed by atoms with Gasteiger partial charge in [-0.1, -0.05) is 0 Å². The maximum Gasteiger partial charge on any atom is 0.0934 e. The zero-order chi connectivity index (χ0) is 11.7. The van der Waals surface area contributed by atoms with Crippen LogP contribution in [0.1, 0.15) is 40.8 Å². The van der Waals surface area contributed by atoms with Crippen molar-refractivity contribution in [2.24, 2.45) is 11.7 Å². The van der Waals surface area contributed by atoms with E-state index in [4.69, 9.17) is 15.5 Å². The van der Waals surface area contributed by atoms with Crippen LogP contribution in [0.25, 0.3) is 0 Å². The molecule has 1 aromatic heterocycles. The molecule has 0 amide bonds. The highest BCUT2D eigenvalue weighted by Gasteiger charge is 2.25. The fourth-order valence-corrected chi connectivity index (χ4v) is 4.18. The molecule has 1 fully saturated rings. The maximum atomic E-state index is 5.84. The van der Waals surface area contributed by atoms with E-state index in [-0.39, 0.29) is 0 Å². The van der Waals surface area contributed by atoms with E-state index in [1.165, 1.54) is 41.3 Å². The molecule has 1 aliphatic heterocycles. The van der Waals surface area contributed by atoms with Gasteiger partial charge in [-0.25, -0.2) is 4.98 Å². The summed E-state index contributed by atoms with van der Waals surface area (Å²) in [5, 5.41) is 1.31. The Morgan fingerprint density at radius 3 is 3.12 bits per heavy atom. The number of aryl methyl sites for hydroxylation is 1. The number of ether oxygens (including phenoxy) is 1. The van der Waals surface area contributed by atoms with E-state index in [1.807, 2.05) is 11.3 Å². The topological polar surface area (TPSA) is 48.1 Å². The van der Waals surface area contributed by atoms with Crippen LogP contribution in [0, 0.1) is 5.92 Å². The third-order valence-electron chi connectivity index (χ3n) is 3.89. The molecule has 1 aliphatic carbocycles. The third-order valence-corrected chi connectivity index (χ3v) is 5.04. The van der Waals surface area contributed by atoms with Crippen molar-refractivity contribution in [3.8, 4) is 0 Å². The number of aromatic nitrogens is 1. The Labute approximate surface area is 106 Å². The third kappa shape index (κ3) is 2.39. The summed E-state index contributed by atoms with van der Waals surface area (Å²) in [4.78, 5) is 6.35. The van der Waals surface area contributed by atoms with Gasteiger partial charge in [-0.15, -0.1) is 11.3 Å². The molecule has 0 bridgehead atoms. The fourth-order valence-electron chi connectivity index (χ4n) is 2.87. The maximum absolute atomic E-state index is 5.84. The summed E-state index contributed by atoms with van der Waals surface area (Å²) < 4.78 is 5.43. The van der Waals surface area contributed by atoms with E-state index in [9.17, 15) is 0 Å². The van der Waals surface area contributed by atoms with E-state index in [1.54, 1.807) is 0 Å². The smallest absolute Gasteiger partial charge is 0.0934 e. The van der Waals surface area contributed by atoms with Gasteiger partial charge in [-0.3, -0.25) is 0 Å². The second kappa shape index (κ2) is 5.04. The Hall–Kier alpha value is -0.450.